The first kappa shape index (κ1) is 9.52. The van der Waals surface area contributed by atoms with Crippen molar-refractivity contribution in [3.63, 3.8) is 0 Å². The zero-order valence-electron chi connectivity index (χ0n) is 7.88. The van der Waals surface area contributed by atoms with Gasteiger partial charge < -0.3 is 4.74 Å². The molecule has 1 atom stereocenters. The minimum Gasteiger partial charge on any atom is -0.468 e. The quantitative estimate of drug-likeness (QED) is 0.594. The van der Waals surface area contributed by atoms with Gasteiger partial charge in [-0.05, 0) is 32.4 Å². The molecular formula is C9H17NO2. The van der Waals surface area contributed by atoms with Crippen LogP contribution in [-0.4, -0.2) is 37.1 Å². The Morgan fingerprint density at radius 3 is 3.00 bits per heavy atom. The molecule has 1 saturated heterocycles. The Labute approximate surface area is 73.7 Å². The minimum absolute atomic E-state index is 0.0370. The normalized spacial score (nSPS) is 24.3. The lowest BCUT2D eigenvalue weighted by atomic mass is 10.2. The van der Waals surface area contributed by atoms with Crippen LogP contribution < -0.4 is 0 Å². The van der Waals surface area contributed by atoms with Gasteiger partial charge in [-0.2, -0.15) is 0 Å². The van der Waals surface area contributed by atoms with E-state index in [9.17, 15) is 4.79 Å². The summed E-state index contributed by atoms with van der Waals surface area (Å²) in [6.45, 7) is 4.19. The van der Waals surface area contributed by atoms with Crippen LogP contribution in [0, 0.1) is 0 Å². The molecule has 1 aliphatic heterocycles. The Balaban J connectivity index is 2.45. The van der Waals surface area contributed by atoms with Gasteiger partial charge in [-0.1, -0.05) is 6.92 Å². The SMILES string of the molecule is CCCN1CCC[C@@H]1C(=O)OC. The maximum absolute atomic E-state index is 11.2. The number of carbonyl (C=O) groups is 1. The van der Waals surface area contributed by atoms with Crippen molar-refractivity contribution in [3.05, 3.63) is 0 Å². The first-order valence-electron chi connectivity index (χ1n) is 4.61. The molecule has 0 saturated carbocycles. The van der Waals surface area contributed by atoms with Gasteiger partial charge in [0.2, 0.25) is 0 Å². The third-order valence-electron chi connectivity index (χ3n) is 2.35. The van der Waals surface area contributed by atoms with E-state index < -0.39 is 0 Å². The van der Waals surface area contributed by atoms with Crippen molar-refractivity contribution in [2.24, 2.45) is 0 Å². The molecule has 12 heavy (non-hydrogen) atoms. The van der Waals surface area contributed by atoms with Crippen molar-refractivity contribution in [3.8, 4) is 0 Å². The first-order valence-corrected chi connectivity index (χ1v) is 4.61. The number of likely N-dealkylation sites (tertiary alicyclic amines) is 1. The molecule has 3 nitrogen and oxygen atoms in total. The molecule has 0 aliphatic carbocycles. The lowest BCUT2D eigenvalue weighted by molar-refractivity contribution is -0.145. The highest BCUT2D eigenvalue weighted by Crippen LogP contribution is 2.17. The number of hydrogen-bond donors (Lipinski definition) is 0. The third kappa shape index (κ3) is 1.97. The summed E-state index contributed by atoms with van der Waals surface area (Å²) >= 11 is 0. The van der Waals surface area contributed by atoms with E-state index in [0.717, 1.165) is 32.4 Å². The smallest absolute Gasteiger partial charge is 0.323 e. The molecule has 0 aromatic carbocycles. The summed E-state index contributed by atoms with van der Waals surface area (Å²) in [7, 11) is 1.46. The molecule has 3 heteroatoms. The second kappa shape index (κ2) is 4.45. The molecule has 1 heterocycles. The van der Waals surface area contributed by atoms with Crippen LogP contribution in [0.25, 0.3) is 0 Å². The van der Waals surface area contributed by atoms with Crippen LogP contribution in [0.4, 0.5) is 0 Å². The largest absolute Gasteiger partial charge is 0.468 e. The molecule has 0 amide bonds. The number of esters is 1. The van der Waals surface area contributed by atoms with Gasteiger partial charge in [0, 0.05) is 0 Å². The van der Waals surface area contributed by atoms with Gasteiger partial charge in [-0.25, -0.2) is 0 Å². The van der Waals surface area contributed by atoms with Gasteiger partial charge in [0.05, 0.1) is 7.11 Å². The monoisotopic (exact) mass is 171 g/mol. The van der Waals surface area contributed by atoms with Gasteiger partial charge in [0.15, 0.2) is 0 Å². The van der Waals surface area contributed by atoms with E-state index >= 15 is 0 Å². The maximum atomic E-state index is 11.2. The van der Waals surface area contributed by atoms with Gasteiger partial charge in [0.1, 0.15) is 6.04 Å². The number of hydrogen-bond acceptors (Lipinski definition) is 3. The fourth-order valence-electron chi connectivity index (χ4n) is 1.78. The van der Waals surface area contributed by atoms with Crippen LogP contribution in [0.1, 0.15) is 26.2 Å². The molecule has 1 fully saturated rings. The Morgan fingerprint density at radius 2 is 2.42 bits per heavy atom. The summed E-state index contributed by atoms with van der Waals surface area (Å²) in [6, 6.07) is 0.0370. The van der Waals surface area contributed by atoms with Gasteiger partial charge >= 0.3 is 5.97 Å². The highest BCUT2D eigenvalue weighted by Gasteiger charge is 2.30. The number of methoxy groups -OCH3 is 1. The van der Waals surface area contributed by atoms with E-state index in [1.54, 1.807) is 0 Å². The Bertz CT molecular complexity index is 159. The Kier molecular flexibility index (Phi) is 3.53. The molecule has 0 aromatic heterocycles. The van der Waals surface area contributed by atoms with E-state index in [0.29, 0.717) is 0 Å². The van der Waals surface area contributed by atoms with E-state index in [1.807, 2.05) is 0 Å². The van der Waals surface area contributed by atoms with Gasteiger partial charge in [-0.3, -0.25) is 9.69 Å². The van der Waals surface area contributed by atoms with Crippen molar-refractivity contribution in [1.82, 2.24) is 4.90 Å². The molecule has 1 rings (SSSR count). The molecular weight excluding hydrogens is 154 g/mol. The standard InChI is InChI=1S/C9H17NO2/c1-3-6-10-7-4-5-8(10)9(11)12-2/h8H,3-7H2,1-2H3/t8-/m1/s1. The van der Waals surface area contributed by atoms with E-state index in [4.69, 9.17) is 4.74 Å². The summed E-state index contributed by atoms with van der Waals surface area (Å²) in [6.07, 6.45) is 3.19. The number of carbonyl (C=O) groups excluding carboxylic acids is 1. The Morgan fingerprint density at radius 1 is 1.67 bits per heavy atom. The zero-order valence-corrected chi connectivity index (χ0v) is 7.88. The zero-order chi connectivity index (χ0) is 8.97. The predicted octanol–water partition coefficient (Wildman–Crippen LogP) is 1.03. The van der Waals surface area contributed by atoms with Crippen molar-refractivity contribution in [1.29, 1.82) is 0 Å². The topological polar surface area (TPSA) is 29.5 Å². The van der Waals surface area contributed by atoms with Crippen molar-refractivity contribution in [2.45, 2.75) is 32.2 Å². The maximum Gasteiger partial charge on any atom is 0.323 e. The van der Waals surface area contributed by atoms with Crippen LogP contribution in [0.5, 0.6) is 0 Å². The molecule has 70 valence electrons. The highest BCUT2D eigenvalue weighted by atomic mass is 16.5. The fraction of sp³-hybridized carbons (Fsp3) is 0.889. The highest BCUT2D eigenvalue weighted by molar-refractivity contribution is 5.75. The van der Waals surface area contributed by atoms with Crippen LogP contribution in [0.3, 0.4) is 0 Å². The van der Waals surface area contributed by atoms with E-state index in [-0.39, 0.29) is 12.0 Å². The van der Waals surface area contributed by atoms with Crippen LogP contribution in [0.15, 0.2) is 0 Å². The minimum atomic E-state index is -0.0686. The third-order valence-corrected chi connectivity index (χ3v) is 2.35. The molecule has 0 bridgehead atoms. The van der Waals surface area contributed by atoms with Gasteiger partial charge in [-0.15, -0.1) is 0 Å². The summed E-state index contributed by atoms with van der Waals surface area (Å²) in [5, 5.41) is 0. The summed E-state index contributed by atoms with van der Waals surface area (Å²) in [5.41, 5.74) is 0. The lowest BCUT2D eigenvalue weighted by Crippen LogP contribution is -2.37. The second-order valence-corrected chi connectivity index (χ2v) is 3.22. The molecule has 0 N–H and O–H groups in total. The molecule has 0 radical (unpaired) electrons. The predicted molar refractivity (Wildman–Crippen MR) is 46.9 cm³/mol. The molecule has 1 aliphatic rings. The van der Waals surface area contributed by atoms with Crippen LogP contribution in [0.2, 0.25) is 0 Å². The molecule has 0 aromatic rings. The van der Waals surface area contributed by atoms with E-state index in [2.05, 4.69) is 11.8 Å². The van der Waals surface area contributed by atoms with Gasteiger partial charge in [0.25, 0.3) is 0 Å². The van der Waals surface area contributed by atoms with Crippen molar-refractivity contribution < 1.29 is 9.53 Å². The average molecular weight is 171 g/mol. The number of rotatable bonds is 3. The van der Waals surface area contributed by atoms with Crippen molar-refractivity contribution >= 4 is 5.97 Å². The molecule has 0 spiro atoms. The average Bonchev–Trinajstić information content (AvgIpc) is 2.52. The molecule has 0 unspecified atom stereocenters. The number of nitrogens with zero attached hydrogens (tertiary/aromatic N) is 1. The second-order valence-electron chi connectivity index (χ2n) is 3.22. The first-order chi connectivity index (χ1) is 5.79. The summed E-state index contributed by atoms with van der Waals surface area (Å²) in [4.78, 5) is 13.4. The summed E-state index contributed by atoms with van der Waals surface area (Å²) in [5.74, 6) is -0.0686. The van der Waals surface area contributed by atoms with E-state index in [1.165, 1.54) is 7.11 Å². The van der Waals surface area contributed by atoms with Crippen LogP contribution >= 0.6 is 0 Å². The number of ether oxygens (including phenoxy) is 1. The van der Waals surface area contributed by atoms with Crippen molar-refractivity contribution in [2.75, 3.05) is 20.2 Å². The Hall–Kier alpha value is -0.570. The lowest BCUT2D eigenvalue weighted by Gasteiger charge is -2.21. The summed E-state index contributed by atoms with van der Waals surface area (Å²) < 4.78 is 4.73. The fourth-order valence-corrected chi connectivity index (χ4v) is 1.78. The van der Waals surface area contributed by atoms with Crippen LogP contribution in [-0.2, 0) is 9.53 Å².